The fourth-order valence-corrected chi connectivity index (χ4v) is 5.88. The van der Waals surface area contributed by atoms with E-state index in [4.69, 9.17) is 0 Å². The van der Waals surface area contributed by atoms with Gasteiger partial charge < -0.3 is 9.13 Å². The zero-order chi connectivity index (χ0) is 26.5. The van der Waals surface area contributed by atoms with Crippen molar-refractivity contribution < 1.29 is 0 Å². The molecule has 0 bridgehead atoms. The molecule has 0 saturated carbocycles. The van der Waals surface area contributed by atoms with Gasteiger partial charge in [0.1, 0.15) is 0 Å². The van der Waals surface area contributed by atoms with E-state index in [1.54, 1.807) is 0 Å². The molecule has 0 atom stereocenters. The van der Waals surface area contributed by atoms with Crippen LogP contribution in [0.25, 0.3) is 66.3 Å². The lowest BCUT2D eigenvalue weighted by molar-refractivity contribution is 1.12. The molecule has 0 spiro atoms. The fourth-order valence-electron chi connectivity index (χ4n) is 5.88. The van der Waals surface area contributed by atoms with Crippen LogP contribution in [0.2, 0.25) is 0 Å². The van der Waals surface area contributed by atoms with Crippen LogP contribution in [0, 0.1) is 0 Å². The van der Waals surface area contributed by atoms with Gasteiger partial charge in [-0.25, -0.2) is 0 Å². The van der Waals surface area contributed by atoms with E-state index < -0.39 is 0 Å². The van der Waals surface area contributed by atoms with Crippen LogP contribution in [-0.2, 0) is 0 Å². The van der Waals surface area contributed by atoms with Crippen molar-refractivity contribution in [1.29, 1.82) is 0 Å². The molecular weight excluding hydrogens is 488 g/mol. The molecule has 4 aromatic carbocycles. The lowest BCUT2D eigenvalue weighted by atomic mass is 9.99. The average molecular weight is 513 g/mol. The van der Waals surface area contributed by atoms with Gasteiger partial charge in [-0.2, -0.15) is 0 Å². The maximum atomic E-state index is 4.39. The van der Waals surface area contributed by atoms with Crippen LogP contribution >= 0.6 is 0 Å². The number of pyridine rings is 2. The van der Waals surface area contributed by atoms with Crippen LogP contribution in [0.5, 0.6) is 0 Å². The third kappa shape index (κ3) is 3.54. The fraction of sp³-hybridized carbons (Fsp3) is 0. The molecule has 0 aliphatic heterocycles. The van der Waals surface area contributed by atoms with E-state index in [1.165, 1.54) is 32.7 Å². The minimum Gasteiger partial charge on any atom is -0.315 e. The number of hydrogen-bond acceptors (Lipinski definition) is 2. The Balaban J connectivity index is 1.48. The summed E-state index contributed by atoms with van der Waals surface area (Å²) in [5.74, 6) is 0. The Bertz CT molecular complexity index is 2080. The minimum absolute atomic E-state index is 1.08. The highest BCUT2D eigenvalue weighted by molar-refractivity contribution is 6.18. The Hall–Kier alpha value is -5.48. The van der Waals surface area contributed by atoms with Crippen molar-refractivity contribution in [2.24, 2.45) is 0 Å². The highest BCUT2D eigenvalue weighted by Crippen LogP contribution is 2.39. The number of rotatable bonds is 4. The summed E-state index contributed by atoms with van der Waals surface area (Å²) in [5.41, 5.74) is 10.2. The second-order valence-corrected chi connectivity index (χ2v) is 10.0. The third-order valence-corrected chi connectivity index (χ3v) is 7.69. The highest BCUT2D eigenvalue weighted by atomic mass is 15.0. The first-order valence-electron chi connectivity index (χ1n) is 13.4. The molecule has 0 N–H and O–H groups in total. The van der Waals surface area contributed by atoms with Gasteiger partial charge in [-0.05, 0) is 65.7 Å². The Labute approximate surface area is 231 Å². The molecule has 40 heavy (non-hydrogen) atoms. The van der Waals surface area contributed by atoms with Crippen molar-refractivity contribution in [3.63, 3.8) is 0 Å². The molecule has 0 amide bonds. The van der Waals surface area contributed by atoms with Crippen molar-refractivity contribution in [2.75, 3.05) is 0 Å². The quantitative estimate of drug-likeness (QED) is 0.236. The predicted molar refractivity (Wildman–Crippen MR) is 164 cm³/mol. The molecule has 8 aromatic rings. The van der Waals surface area contributed by atoms with Gasteiger partial charge in [0.25, 0.3) is 0 Å². The van der Waals surface area contributed by atoms with Gasteiger partial charge in [-0.3, -0.25) is 9.97 Å². The number of aromatic nitrogens is 4. The molecule has 8 rings (SSSR count). The van der Waals surface area contributed by atoms with Crippen LogP contribution in [-0.4, -0.2) is 19.1 Å². The van der Waals surface area contributed by atoms with Crippen LogP contribution in [0.15, 0.2) is 146 Å². The largest absolute Gasteiger partial charge is 0.315 e. The zero-order valence-electron chi connectivity index (χ0n) is 21.6. The summed E-state index contributed by atoms with van der Waals surface area (Å²) in [4.78, 5) is 8.79. The molecule has 4 nitrogen and oxygen atoms in total. The van der Waals surface area contributed by atoms with Crippen molar-refractivity contribution in [3.05, 3.63) is 146 Å². The molecule has 0 fully saturated rings. The lowest BCUT2D eigenvalue weighted by Crippen LogP contribution is -1.98. The maximum Gasteiger partial charge on any atom is 0.0788 e. The molecule has 0 unspecified atom stereocenters. The monoisotopic (exact) mass is 512 g/mol. The van der Waals surface area contributed by atoms with Crippen LogP contribution in [0.1, 0.15) is 0 Å². The summed E-state index contributed by atoms with van der Waals surface area (Å²) in [6, 6.07) is 40.9. The standard InChI is InChI=1S/C36H24N4/c1-2-10-30(11-3-1)40-34-13-5-4-12-32(34)33-15-14-25-16-19-39(35(25)36(33)40)31-21-28(26-8-6-17-37-23-26)20-29(22-31)27-9-7-18-38-24-27/h1-24H. The molecule has 4 aromatic heterocycles. The SMILES string of the molecule is c1ccc(-n2c3ccccc3c3ccc4ccn(-c5cc(-c6cccnc6)cc(-c6cccnc6)c5)c4c32)cc1. The summed E-state index contributed by atoms with van der Waals surface area (Å²) in [6.45, 7) is 0. The second-order valence-electron chi connectivity index (χ2n) is 10.0. The Kier molecular flexibility index (Phi) is 5.10. The summed E-state index contributed by atoms with van der Waals surface area (Å²) in [5, 5.41) is 3.68. The van der Waals surface area contributed by atoms with Crippen LogP contribution in [0.3, 0.4) is 0 Å². The topological polar surface area (TPSA) is 35.6 Å². The highest BCUT2D eigenvalue weighted by Gasteiger charge is 2.18. The predicted octanol–water partition coefficient (Wildman–Crippen LogP) is 8.85. The van der Waals surface area contributed by atoms with Crippen LogP contribution in [0.4, 0.5) is 0 Å². The number of para-hydroxylation sites is 2. The molecule has 4 heteroatoms. The first-order valence-corrected chi connectivity index (χ1v) is 13.4. The van der Waals surface area contributed by atoms with Crippen molar-refractivity contribution in [2.45, 2.75) is 0 Å². The van der Waals surface area contributed by atoms with Crippen LogP contribution < -0.4 is 0 Å². The van der Waals surface area contributed by atoms with E-state index in [0.29, 0.717) is 0 Å². The van der Waals surface area contributed by atoms with Gasteiger partial charge in [0.15, 0.2) is 0 Å². The molecule has 0 saturated heterocycles. The lowest BCUT2D eigenvalue weighted by Gasteiger charge is -2.14. The summed E-state index contributed by atoms with van der Waals surface area (Å²) >= 11 is 0. The van der Waals surface area contributed by atoms with Gasteiger partial charge in [-0.1, -0.05) is 60.7 Å². The molecule has 0 radical (unpaired) electrons. The number of hydrogen-bond donors (Lipinski definition) is 0. The molecule has 4 heterocycles. The molecule has 0 aliphatic carbocycles. The van der Waals surface area contributed by atoms with E-state index >= 15 is 0 Å². The summed E-state index contributed by atoms with van der Waals surface area (Å²) in [6.07, 6.45) is 9.66. The Morgan fingerprint density at radius 3 is 1.88 bits per heavy atom. The van der Waals surface area contributed by atoms with E-state index in [-0.39, 0.29) is 0 Å². The van der Waals surface area contributed by atoms with Crippen molar-refractivity contribution in [3.8, 4) is 33.6 Å². The van der Waals surface area contributed by atoms with E-state index in [9.17, 15) is 0 Å². The maximum absolute atomic E-state index is 4.39. The minimum atomic E-state index is 1.08. The molecule has 188 valence electrons. The van der Waals surface area contributed by atoms with Gasteiger partial charge in [-0.15, -0.1) is 0 Å². The smallest absolute Gasteiger partial charge is 0.0788 e. The first-order chi connectivity index (χ1) is 19.8. The normalized spacial score (nSPS) is 11.5. The zero-order valence-corrected chi connectivity index (χ0v) is 21.6. The van der Waals surface area contributed by atoms with E-state index in [0.717, 1.165) is 33.6 Å². The third-order valence-electron chi connectivity index (χ3n) is 7.69. The van der Waals surface area contributed by atoms with Gasteiger partial charge in [0.2, 0.25) is 0 Å². The average Bonchev–Trinajstić information content (AvgIpc) is 3.62. The molecular formula is C36H24N4. The van der Waals surface area contributed by atoms with Gasteiger partial charge in [0, 0.05) is 69.6 Å². The van der Waals surface area contributed by atoms with E-state index in [2.05, 4.69) is 128 Å². The van der Waals surface area contributed by atoms with Crippen molar-refractivity contribution >= 4 is 32.7 Å². The number of benzene rings is 4. The Morgan fingerprint density at radius 2 is 1.18 bits per heavy atom. The van der Waals surface area contributed by atoms with Gasteiger partial charge >= 0.3 is 0 Å². The number of fused-ring (bicyclic) bond motifs is 5. The second kappa shape index (κ2) is 9.07. The van der Waals surface area contributed by atoms with Gasteiger partial charge in [0.05, 0.1) is 16.6 Å². The number of nitrogens with zero attached hydrogens (tertiary/aromatic N) is 4. The summed E-state index contributed by atoms with van der Waals surface area (Å²) < 4.78 is 4.73. The Morgan fingerprint density at radius 1 is 0.475 bits per heavy atom. The first kappa shape index (κ1) is 22.5. The van der Waals surface area contributed by atoms with E-state index in [1.807, 2.05) is 36.9 Å². The summed E-state index contributed by atoms with van der Waals surface area (Å²) in [7, 11) is 0. The van der Waals surface area contributed by atoms with Crippen molar-refractivity contribution in [1.82, 2.24) is 19.1 Å². The molecule has 0 aliphatic rings.